The third kappa shape index (κ3) is 1.05. The van der Waals surface area contributed by atoms with Crippen LogP contribution in [0.2, 0.25) is 0 Å². The highest BCUT2D eigenvalue weighted by Crippen LogP contribution is 2.27. The average molecular weight is 204 g/mol. The number of benzene rings is 1. The summed E-state index contributed by atoms with van der Waals surface area (Å²) in [5.74, 6) is -1.67. The second-order valence-electron chi connectivity index (χ2n) is 3.31. The molecular formula is C11H6F2N2. The molecule has 0 bridgehead atoms. The molecule has 1 N–H and O–H groups in total. The van der Waals surface area contributed by atoms with Crippen molar-refractivity contribution in [3.05, 3.63) is 42.1 Å². The maximum atomic E-state index is 13.5. The second-order valence-corrected chi connectivity index (χ2v) is 3.31. The molecule has 74 valence electrons. The minimum absolute atomic E-state index is 0.262. The molecule has 2 aromatic heterocycles. The molecule has 0 spiro atoms. The van der Waals surface area contributed by atoms with E-state index in [2.05, 4.69) is 9.97 Å². The van der Waals surface area contributed by atoms with E-state index in [0.29, 0.717) is 16.6 Å². The highest BCUT2D eigenvalue weighted by Gasteiger charge is 2.12. The van der Waals surface area contributed by atoms with Gasteiger partial charge in [-0.2, -0.15) is 0 Å². The van der Waals surface area contributed by atoms with Crippen LogP contribution in [0.3, 0.4) is 0 Å². The van der Waals surface area contributed by atoms with E-state index in [1.165, 1.54) is 6.07 Å². The molecule has 0 amide bonds. The van der Waals surface area contributed by atoms with Crippen LogP contribution in [0.1, 0.15) is 0 Å². The summed E-state index contributed by atoms with van der Waals surface area (Å²) in [5.41, 5.74) is 1.12. The van der Waals surface area contributed by atoms with Crippen molar-refractivity contribution >= 4 is 21.9 Å². The molecule has 0 fully saturated rings. The first-order valence-corrected chi connectivity index (χ1v) is 4.48. The van der Waals surface area contributed by atoms with E-state index in [1.807, 2.05) is 0 Å². The van der Waals surface area contributed by atoms with Crippen molar-refractivity contribution in [2.75, 3.05) is 0 Å². The summed E-state index contributed by atoms with van der Waals surface area (Å²) in [7, 11) is 0. The largest absolute Gasteiger partial charge is 0.339 e. The summed E-state index contributed by atoms with van der Waals surface area (Å²) in [4.78, 5) is 6.97. The Morgan fingerprint density at radius 3 is 2.87 bits per heavy atom. The van der Waals surface area contributed by atoms with Crippen LogP contribution in [0.15, 0.2) is 30.5 Å². The number of pyridine rings is 1. The Morgan fingerprint density at radius 1 is 1.13 bits per heavy atom. The van der Waals surface area contributed by atoms with Gasteiger partial charge in [-0.25, -0.2) is 13.8 Å². The van der Waals surface area contributed by atoms with Crippen molar-refractivity contribution in [1.29, 1.82) is 0 Å². The van der Waals surface area contributed by atoms with Crippen molar-refractivity contribution in [2.45, 2.75) is 0 Å². The van der Waals surface area contributed by atoms with Gasteiger partial charge < -0.3 is 4.98 Å². The fourth-order valence-corrected chi connectivity index (χ4v) is 1.75. The first-order chi connectivity index (χ1) is 7.27. The van der Waals surface area contributed by atoms with Crippen LogP contribution in [-0.2, 0) is 0 Å². The SMILES string of the molecule is Fc1ccc2[nH]c3ncccc3c2c1F. The molecule has 0 radical (unpaired) electrons. The van der Waals surface area contributed by atoms with Gasteiger partial charge in [0.15, 0.2) is 11.6 Å². The van der Waals surface area contributed by atoms with Crippen molar-refractivity contribution < 1.29 is 8.78 Å². The molecule has 3 aromatic rings. The fourth-order valence-electron chi connectivity index (χ4n) is 1.75. The molecule has 0 unspecified atom stereocenters. The summed E-state index contributed by atoms with van der Waals surface area (Å²) in [6.07, 6.45) is 1.60. The molecule has 4 heteroatoms. The van der Waals surface area contributed by atoms with Gasteiger partial charge in [0.05, 0.1) is 5.52 Å². The Labute approximate surface area is 83.6 Å². The normalized spacial score (nSPS) is 11.3. The van der Waals surface area contributed by atoms with Crippen molar-refractivity contribution in [3.8, 4) is 0 Å². The van der Waals surface area contributed by atoms with Gasteiger partial charge in [0, 0.05) is 17.0 Å². The molecule has 0 saturated heterocycles. The number of aromatic amines is 1. The first-order valence-electron chi connectivity index (χ1n) is 4.48. The predicted octanol–water partition coefficient (Wildman–Crippen LogP) is 2.99. The number of hydrogen-bond acceptors (Lipinski definition) is 1. The van der Waals surface area contributed by atoms with Crippen LogP contribution in [0.5, 0.6) is 0 Å². The van der Waals surface area contributed by atoms with Gasteiger partial charge in [-0.05, 0) is 24.3 Å². The van der Waals surface area contributed by atoms with Gasteiger partial charge in [0.25, 0.3) is 0 Å². The average Bonchev–Trinajstić information content (AvgIpc) is 2.62. The van der Waals surface area contributed by atoms with E-state index in [4.69, 9.17) is 0 Å². The van der Waals surface area contributed by atoms with Crippen LogP contribution < -0.4 is 0 Å². The molecular weight excluding hydrogens is 198 g/mol. The van der Waals surface area contributed by atoms with Gasteiger partial charge in [-0.3, -0.25) is 0 Å². The summed E-state index contributed by atoms with van der Waals surface area (Å²) in [6, 6.07) is 6.02. The van der Waals surface area contributed by atoms with Crippen LogP contribution in [0.25, 0.3) is 21.9 Å². The molecule has 0 saturated carbocycles. The van der Waals surface area contributed by atoms with Gasteiger partial charge in [-0.15, -0.1) is 0 Å². The van der Waals surface area contributed by atoms with E-state index in [9.17, 15) is 8.78 Å². The topological polar surface area (TPSA) is 28.7 Å². The first kappa shape index (κ1) is 8.35. The van der Waals surface area contributed by atoms with Gasteiger partial charge >= 0.3 is 0 Å². The number of H-pyrrole nitrogens is 1. The Kier molecular flexibility index (Phi) is 1.54. The van der Waals surface area contributed by atoms with E-state index in [-0.39, 0.29) is 5.39 Å². The van der Waals surface area contributed by atoms with Gasteiger partial charge in [-0.1, -0.05) is 0 Å². The number of nitrogens with zero attached hydrogens (tertiary/aromatic N) is 1. The van der Waals surface area contributed by atoms with Crippen LogP contribution >= 0.6 is 0 Å². The molecule has 2 heterocycles. The molecule has 2 nitrogen and oxygen atoms in total. The lowest BCUT2D eigenvalue weighted by Crippen LogP contribution is -1.83. The molecule has 3 rings (SSSR count). The lowest BCUT2D eigenvalue weighted by atomic mass is 10.2. The fraction of sp³-hybridized carbons (Fsp3) is 0. The van der Waals surface area contributed by atoms with Crippen LogP contribution in [0, 0.1) is 11.6 Å². The number of aromatic nitrogens is 2. The van der Waals surface area contributed by atoms with Gasteiger partial charge in [0.2, 0.25) is 0 Å². The molecule has 15 heavy (non-hydrogen) atoms. The Balaban J connectivity index is 2.63. The smallest absolute Gasteiger partial charge is 0.168 e. The number of nitrogens with one attached hydrogen (secondary N) is 1. The summed E-state index contributed by atoms with van der Waals surface area (Å²) in [6.45, 7) is 0. The number of hydrogen-bond donors (Lipinski definition) is 1. The standard InChI is InChI=1S/C11H6F2N2/c12-7-3-4-8-9(10(7)13)6-2-1-5-14-11(6)15-8/h1-5H,(H,14,15). The zero-order valence-electron chi connectivity index (χ0n) is 7.59. The van der Waals surface area contributed by atoms with Gasteiger partial charge in [0.1, 0.15) is 5.65 Å². The Bertz CT molecular complexity index is 658. The number of halogens is 2. The predicted molar refractivity (Wildman–Crippen MR) is 53.5 cm³/mol. The third-order valence-corrected chi connectivity index (χ3v) is 2.42. The second kappa shape index (κ2) is 2.76. The minimum atomic E-state index is -0.841. The van der Waals surface area contributed by atoms with E-state index in [0.717, 1.165) is 6.07 Å². The van der Waals surface area contributed by atoms with Crippen molar-refractivity contribution in [2.24, 2.45) is 0 Å². The van der Waals surface area contributed by atoms with Crippen LogP contribution in [-0.4, -0.2) is 9.97 Å². The zero-order chi connectivity index (χ0) is 10.4. The van der Waals surface area contributed by atoms with Crippen molar-refractivity contribution in [1.82, 2.24) is 9.97 Å². The molecule has 1 aromatic carbocycles. The summed E-state index contributed by atoms with van der Waals surface area (Å²) >= 11 is 0. The lowest BCUT2D eigenvalue weighted by Gasteiger charge is -1.94. The maximum Gasteiger partial charge on any atom is 0.168 e. The van der Waals surface area contributed by atoms with E-state index < -0.39 is 11.6 Å². The van der Waals surface area contributed by atoms with Crippen LogP contribution in [0.4, 0.5) is 8.78 Å². The van der Waals surface area contributed by atoms with Crippen molar-refractivity contribution in [3.63, 3.8) is 0 Å². The highest BCUT2D eigenvalue weighted by molar-refractivity contribution is 6.06. The monoisotopic (exact) mass is 204 g/mol. The maximum absolute atomic E-state index is 13.5. The zero-order valence-corrected chi connectivity index (χ0v) is 7.59. The minimum Gasteiger partial charge on any atom is -0.339 e. The quantitative estimate of drug-likeness (QED) is 0.599. The molecule has 0 aliphatic heterocycles. The number of fused-ring (bicyclic) bond motifs is 3. The Hall–Kier alpha value is -1.97. The Morgan fingerprint density at radius 2 is 2.00 bits per heavy atom. The summed E-state index contributed by atoms with van der Waals surface area (Å²) < 4.78 is 26.6. The summed E-state index contributed by atoms with van der Waals surface area (Å²) in [5, 5.41) is 0.864. The molecule has 0 aliphatic carbocycles. The lowest BCUT2D eigenvalue weighted by molar-refractivity contribution is 0.517. The number of rotatable bonds is 0. The van der Waals surface area contributed by atoms with E-state index in [1.54, 1.807) is 18.3 Å². The highest BCUT2D eigenvalue weighted by atomic mass is 19.2. The van der Waals surface area contributed by atoms with E-state index >= 15 is 0 Å². The molecule has 0 atom stereocenters. The third-order valence-electron chi connectivity index (χ3n) is 2.42. The molecule has 0 aliphatic rings.